The average molecular weight is 451 g/mol. The number of carboxylic acids is 1. The van der Waals surface area contributed by atoms with Crippen molar-refractivity contribution in [2.24, 2.45) is 0 Å². The van der Waals surface area contributed by atoms with Crippen molar-refractivity contribution in [3.8, 4) is 0 Å². The zero-order chi connectivity index (χ0) is 21.9. The lowest BCUT2D eigenvalue weighted by molar-refractivity contribution is -0.136. The minimum absolute atomic E-state index is 0.183. The number of hydrogen-bond acceptors (Lipinski definition) is 3. The Hall–Kier alpha value is -2.14. The Morgan fingerprint density at radius 2 is 1.75 bits per heavy atom. The van der Waals surface area contributed by atoms with Gasteiger partial charge in [-0.25, -0.2) is 0 Å². The van der Waals surface area contributed by atoms with E-state index in [0.29, 0.717) is 34.3 Å². The van der Waals surface area contributed by atoms with E-state index >= 15 is 0 Å². The number of allylic oxidation sites excluding steroid dienone is 2. The summed E-state index contributed by atoms with van der Waals surface area (Å²) < 4.78 is 5.98. The third-order valence-electron chi connectivity index (χ3n) is 4.01. The molecule has 1 aromatic carbocycles. The quantitative estimate of drug-likeness (QED) is 0.408. The summed E-state index contributed by atoms with van der Waals surface area (Å²) in [5.74, 6) is -0.455. The third kappa shape index (κ3) is 6.48. The molecule has 0 atom stereocenters. The fourth-order valence-corrected chi connectivity index (χ4v) is 2.96. The molecular formula is C23H31BrO4. The maximum atomic E-state index is 12.7. The predicted octanol–water partition coefficient (Wildman–Crippen LogP) is 6.39. The molecule has 2 rings (SSSR count). The summed E-state index contributed by atoms with van der Waals surface area (Å²) in [5, 5.41) is 10.2. The average Bonchev–Trinajstić information content (AvgIpc) is 2.71. The molecule has 0 radical (unpaired) electrons. The number of carboxylic acid groups (broad SMARTS) is 1. The molecule has 0 unspecified atom stereocenters. The maximum Gasteiger partial charge on any atom is 0.307 e. The summed E-state index contributed by atoms with van der Waals surface area (Å²) in [6.07, 6.45) is 1.79. The Balaban J connectivity index is 0.00000171. The van der Waals surface area contributed by atoms with Crippen LogP contribution in [0, 0.1) is 0 Å². The first-order valence-corrected chi connectivity index (χ1v) is 10.6. The molecule has 1 N–H and O–H groups in total. The highest BCUT2D eigenvalue weighted by atomic mass is 79.9. The third-order valence-corrected chi connectivity index (χ3v) is 4.85. The molecule has 0 amide bonds. The van der Waals surface area contributed by atoms with E-state index < -0.39 is 5.97 Å². The highest BCUT2D eigenvalue weighted by Crippen LogP contribution is 2.24. The van der Waals surface area contributed by atoms with Crippen LogP contribution in [-0.2, 0) is 17.6 Å². The van der Waals surface area contributed by atoms with E-state index in [-0.39, 0.29) is 11.8 Å². The van der Waals surface area contributed by atoms with Gasteiger partial charge < -0.3 is 9.52 Å². The number of para-hydroxylation sites is 1. The van der Waals surface area contributed by atoms with Crippen LogP contribution >= 0.6 is 15.9 Å². The molecule has 0 bridgehead atoms. The summed E-state index contributed by atoms with van der Waals surface area (Å²) in [4.78, 5) is 23.8. The molecule has 2 aromatic rings. The van der Waals surface area contributed by atoms with E-state index in [1.54, 1.807) is 18.2 Å². The van der Waals surface area contributed by atoms with E-state index in [1.807, 2.05) is 41.5 Å². The predicted molar refractivity (Wildman–Crippen MR) is 122 cm³/mol. The first-order chi connectivity index (χ1) is 13.4. The van der Waals surface area contributed by atoms with Crippen molar-refractivity contribution in [2.75, 3.05) is 5.33 Å². The fraction of sp³-hybridized carbons (Fsp3) is 0.391. The van der Waals surface area contributed by atoms with Crippen LogP contribution in [0.5, 0.6) is 0 Å². The number of rotatable bonds is 6. The van der Waals surface area contributed by atoms with Gasteiger partial charge in [-0.05, 0) is 19.9 Å². The summed E-state index contributed by atoms with van der Waals surface area (Å²) in [7, 11) is 0. The number of carbonyl (C=O) groups is 1. The topological polar surface area (TPSA) is 67.5 Å². The van der Waals surface area contributed by atoms with E-state index in [4.69, 9.17) is 9.52 Å². The summed E-state index contributed by atoms with van der Waals surface area (Å²) in [6.45, 7) is 15.7. The van der Waals surface area contributed by atoms with Crippen molar-refractivity contribution in [3.63, 3.8) is 0 Å². The Morgan fingerprint density at radius 1 is 1.14 bits per heavy atom. The SMILES string of the molecule is C=Cc1c(C/C(C)=C(/C)CBr)oc2c(CC(=O)O)cccc2c1=O.CC.CC. The van der Waals surface area contributed by atoms with Crippen LogP contribution in [0.3, 0.4) is 0 Å². The lowest BCUT2D eigenvalue weighted by Gasteiger charge is -2.11. The number of benzene rings is 1. The van der Waals surface area contributed by atoms with Crippen LogP contribution in [0.2, 0.25) is 0 Å². The van der Waals surface area contributed by atoms with E-state index in [1.165, 1.54) is 6.08 Å². The van der Waals surface area contributed by atoms with Crippen LogP contribution in [-0.4, -0.2) is 16.4 Å². The standard InChI is InChI=1S/C19H19BrO4.2C2H6/c1-4-14-16(8-11(2)12(3)10-20)24-19-13(9-17(21)22)6-5-7-15(19)18(14)23;2*1-2/h4-7H,1,8-10H2,2-3H3,(H,21,22);2*1-2H3/b12-11-;;. The molecule has 0 aliphatic carbocycles. The van der Waals surface area contributed by atoms with Gasteiger partial charge in [-0.3, -0.25) is 9.59 Å². The van der Waals surface area contributed by atoms with Crippen LogP contribution in [0.1, 0.15) is 58.4 Å². The first-order valence-electron chi connectivity index (χ1n) is 9.52. The van der Waals surface area contributed by atoms with E-state index in [9.17, 15) is 9.59 Å². The van der Waals surface area contributed by atoms with Crippen LogP contribution in [0.4, 0.5) is 0 Å². The lowest BCUT2D eigenvalue weighted by atomic mass is 10.0. The summed E-state index contributed by atoms with van der Waals surface area (Å²) >= 11 is 3.42. The monoisotopic (exact) mass is 450 g/mol. The number of aliphatic carboxylic acids is 1. The van der Waals surface area contributed by atoms with Gasteiger partial charge in [0.15, 0.2) is 5.43 Å². The second-order valence-electron chi connectivity index (χ2n) is 5.71. The van der Waals surface area contributed by atoms with Crippen molar-refractivity contribution in [3.05, 3.63) is 63.0 Å². The molecule has 5 heteroatoms. The van der Waals surface area contributed by atoms with E-state index in [2.05, 4.69) is 22.5 Å². The highest BCUT2D eigenvalue weighted by molar-refractivity contribution is 9.09. The largest absolute Gasteiger partial charge is 0.481 e. The van der Waals surface area contributed by atoms with Gasteiger partial charge in [-0.15, -0.1) is 0 Å². The Kier molecular flexibility index (Phi) is 12.1. The Bertz CT molecular complexity index is 891. The number of fused-ring (bicyclic) bond motifs is 1. The van der Waals surface area contributed by atoms with Gasteiger partial charge in [0, 0.05) is 17.3 Å². The van der Waals surface area contributed by atoms with Gasteiger partial charge in [0.25, 0.3) is 0 Å². The zero-order valence-corrected chi connectivity index (χ0v) is 19.3. The molecule has 154 valence electrons. The van der Waals surface area contributed by atoms with Gasteiger partial charge in [0.2, 0.25) is 0 Å². The summed E-state index contributed by atoms with van der Waals surface area (Å²) in [5.41, 5.74) is 3.33. The molecule has 1 aromatic heterocycles. The first kappa shape index (κ1) is 25.9. The lowest BCUT2D eigenvalue weighted by Crippen LogP contribution is -2.11. The normalized spacial score (nSPS) is 10.8. The number of halogens is 1. The van der Waals surface area contributed by atoms with Crippen LogP contribution < -0.4 is 5.43 Å². The molecule has 0 spiro atoms. The van der Waals surface area contributed by atoms with E-state index in [0.717, 1.165) is 16.5 Å². The molecule has 0 aliphatic heterocycles. The second-order valence-corrected chi connectivity index (χ2v) is 6.27. The van der Waals surface area contributed by atoms with Gasteiger partial charge in [-0.2, -0.15) is 0 Å². The Labute approximate surface area is 176 Å². The molecule has 0 fully saturated rings. The van der Waals surface area contributed by atoms with Crippen molar-refractivity contribution >= 4 is 38.9 Å². The summed E-state index contributed by atoms with van der Waals surface area (Å²) in [6, 6.07) is 4.99. The van der Waals surface area contributed by atoms with Gasteiger partial charge in [0.1, 0.15) is 11.3 Å². The zero-order valence-electron chi connectivity index (χ0n) is 17.7. The molecule has 0 aliphatic rings. The highest BCUT2D eigenvalue weighted by Gasteiger charge is 2.16. The molecule has 28 heavy (non-hydrogen) atoms. The molecule has 0 saturated carbocycles. The maximum absolute atomic E-state index is 12.7. The van der Waals surface area contributed by atoms with Crippen LogP contribution in [0.25, 0.3) is 17.0 Å². The van der Waals surface area contributed by atoms with Gasteiger partial charge >= 0.3 is 5.97 Å². The minimum atomic E-state index is -0.967. The Morgan fingerprint density at radius 3 is 2.25 bits per heavy atom. The van der Waals surface area contributed by atoms with Crippen molar-refractivity contribution < 1.29 is 14.3 Å². The van der Waals surface area contributed by atoms with Crippen molar-refractivity contribution in [1.29, 1.82) is 0 Å². The second kappa shape index (κ2) is 13.1. The minimum Gasteiger partial charge on any atom is -0.481 e. The molecular weight excluding hydrogens is 420 g/mol. The number of hydrogen-bond donors (Lipinski definition) is 1. The molecule has 4 nitrogen and oxygen atoms in total. The van der Waals surface area contributed by atoms with Crippen LogP contribution in [0.15, 0.2) is 45.1 Å². The molecule has 0 saturated heterocycles. The van der Waals surface area contributed by atoms with Gasteiger partial charge in [-0.1, -0.05) is 79.6 Å². The smallest absolute Gasteiger partial charge is 0.307 e. The van der Waals surface area contributed by atoms with Gasteiger partial charge in [0.05, 0.1) is 17.4 Å². The van der Waals surface area contributed by atoms with Crippen molar-refractivity contribution in [1.82, 2.24) is 0 Å². The number of alkyl halides is 1. The molecule has 1 heterocycles. The van der Waals surface area contributed by atoms with Crippen molar-refractivity contribution in [2.45, 2.75) is 54.4 Å². The fourth-order valence-electron chi connectivity index (χ4n) is 2.48.